The summed E-state index contributed by atoms with van der Waals surface area (Å²) in [5.74, 6) is -0.655. The lowest BCUT2D eigenvalue weighted by Crippen LogP contribution is -2.20. The Hall–Kier alpha value is -3.79. The van der Waals surface area contributed by atoms with Crippen molar-refractivity contribution in [2.45, 2.75) is 66.4 Å². The summed E-state index contributed by atoms with van der Waals surface area (Å²) in [5, 5.41) is 7.83. The van der Waals surface area contributed by atoms with Crippen LogP contribution in [0.1, 0.15) is 41.5 Å². The van der Waals surface area contributed by atoms with E-state index >= 15 is 0 Å². The molecule has 1 atom stereocenters. The van der Waals surface area contributed by atoms with Gasteiger partial charge in [0.15, 0.2) is 11.5 Å². The second-order valence-electron chi connectivity index (χ2n) is 8.50. The minimum Gasteiger partial charge on any atom is -0.478 e. The van der Waals surface area contributed by atoms with Crippen LogP contribution in [0.4, 0.5) is 15.4 Å². The highest BCUT2D eigenvalue weighted by atomic mass is 31.2. The number of nitrogens with two attached hydrogens (primary N) is 1. The van der Waals surface area contributed by atoms with E-state index < -0.39 is 64.1 Å². The molecule has 2 aromatic rings. The maximum atomic E-state index is 13.1. The fourth-order valence-corrected chi connectivity index (χ4v) is 3.68. The van der Waals surface area contributed by atoms with Crippen molar-refractivity contribution in [3.05, 3.63) is 24.8 Å². The molecule has 2 rings (SSSR count). The maximum Gasteiger partial charge on any atom is 0.510 e. The molecule has 0 radical (unpaired) electrons. The van der Waals surface area contributed by atoms with Crippen molar-refractivity contribution in [2.75, 3.05) is 25.7 Å². The summed E-state index contributed by atoms with van der Waals surface area (Å²) in [7, 11) is -4.06. The molecule has 0 saturated heterocycles. The standard InChI is InChI=1S/C19H30N5O10P.C4H6O2/c1-12(2)33-18(25)28-9-31-35(27,32-10-29-19(26)34-13(3)4)11-30-14(5)6-24-8-23-15-16(20)21-7-22-17(15)24;1-2-3-4(5)6/h7-8,12-14H,6,9-11H2,1-5H3,(H2,20,21,22);2-3H,1H3,(H,5,6)/b;3-2+/t14-;/m1./s1. The number of allylic oxidation sites excluding steroid dienone is 1. The summed E-state index contributed by atoms with van der Waals surface area (Å²) < 4.78 is 49.7. The molecule has 0 aliphatic rings. The second kappa shape index (κ2) is 17.8. The van der Waals surface area contributed by atoms with Gasteiger partial charge in [0.25, 0.3) is 0 Å². The van der Waals surface area contributed by atoms with E-state index in [1.807, 2.05) is 0 Å². The van der Waals surface area contributed by atoms with Crippen LogP contribution in [0.15, 0.2) is 24.8 Å². The number of ether oxygens (including phenoxy) is 5. The van der Waals surface area contributed by atoms with Gasteiger partial charge in [-0.2, -0.15) is 0 Å². The lowest BCUT2D eigenvalue weighted by molar-refractivity contribution is -0.131. The van der Waals surface area contributed by atoms with Gasteiger partial charge < -0.3 is 39.1 Å². The fraction of sp³-hybridized carbons (Fsp3) is 0.565. The van der Waals surface area contributed by atoms with E-state index in [4.69, 9.17) is 43.6 Å². The third-order valence-electron chi connectivity index (χ3n) is 4.23. The van der Waals surface area contributed by atoms with Gasteiger partial charge in [-0.3, -0.25) is 13.6 Å². The van der Waals surface area contributed by atoms with E-state index in [1.54, 1.807) is 46.1 Å². The average Bonchev–Trinajstić information content (AvgIpc) is 3.26. The third kappa shape index (κ3) is 14.4. The molecule has 2 heterocycles. The number of rotatable bonds is 14. The third-order valence-corrected chi connectivity index (χ3v) is 5.69. The molecule has 230 valence electrons. The van der Waals surface area contributed by atoms with Gasteiger partial charge in [-0.25, -0.2) is 29.3 Å². The van der Waals surface area contributed by atoms with Crippen molar-refractivity contribution < 1.29 is 56.8 Å². The predicted octanol–water partition coefficient (Wildman–Crippen LogP) is 3.68. The van der Waals surface area contributed by atoms with Crippen molar-refractivity contribution in [1.29, 1.82) is 0 Å². The van der Waals surface area contributed by atoms with E-state index in [0.29, 0.717) is 11.2 Å². The van der Waals surface area contributed by atoms with Crippen LogP contribution in [0.3, 0.4) is 0 Å². The predicted molar refractivity (Wildman–Crippen MR) is 143 cm³/mol. The highest BCUT2D eigenvalue weighted by Crippen LogP contribution is 2.48. The van der Waals surface area contributed by atoms with Crippen molar-refractivity contribution in [1.82, 2.24) is 19.5 Å². The number of carboxylic acid groups (broad SMARTS) is 1. The zero-order valence-corrected chi connectivity index (χ0v) is 24.5. The molecule has 41 heavy (non-hydrogen) atoms. The molecule has 3 N–H and O–H groups in total. The molecule has 0 aliphatic heterocycles. The molecule has 0 spiro atoms. The monoisotopic (exact) mass is 605 g/mol. The number of aliphatic carboxylic acids is 1. The van der Waals surface area contributed by atoms with Crippen LogP contribution in [0.2, 0.25) is 0 Å². The van der Waals surface area contributed by atoms with Gasteiger partial charge in [-0.05, 0) is 41.5 Å². The second-order valence-corrected chi connectivity index (χ2v) is 10.5. The van der Waals surface area contributed by atoms with E-state index in [2.05, 4.69) is 15.0 Å². The molecule has 2 aromatic heterocycles. The van der Waals surface area contributed by atoms with E-state index in [0.717, 1.165) is 6.08 Å². The Bertz CT molecular complexity index is 1170. The molecule has 17 nitrogen and oxygen atoms in total. The summed E-state index contributed by atoms with van der Waals surface area (Å²) in [6.07, 6.45) is 1.42. The minimum atomic E-state index is -4.06. The van der Waals surface area contributed by atoms with Gasteiger partial charge in [0, 0.05) is 6.08 Å². The molecule has 0 aliphatic carbocycles. The first kappa shape index (κ1) is 35.2. The summed E-state index contributed by atoms with van der Waals surface area (Å²) in [4.78, 5) is 44.7. The molecule has 0 amide bonds. The Balaban J connectivity index is 0.00000126. The molecule has 0 fully saturated rings. The molecule has 18 heteroatoms. The zero-order valence-electron chi connectivity index (χ0n) is 23.6. The van der Waals surface area contributed by atoms with Crippen molar-refractivity contribution in [2.24, 2.45) is 0 Å². The zero-order chi connectivity index (χ0) is 31.0. The summed E-state index contributed by atoms with van der Waals surface area (Å²) >= 11 is 0. The minimum absolute atomic E-state index is 0.237. The number of fused-ring (bicyclic) bond motifs is 1. The topological polar surface area (TPSA) is 223 Å². The number of nitrogens with zero attached hydrogens (tertiary/aromatic N) is 4. The Morgan fingerprint density at radius 3 is 2.02 bits per heavy atom. The Labute approximate surface area is 236 Å². The Morgan fingerprint density at radius 2 is 1.56 bits per heavy atom. The van der Waals surface area contributed by atoms with Crippen LogP contribution < -0.4 is 5.73 Å². The van der Waals surface area contributed by atoms with E-state index in [9.17, 15) is 18.9 Å². The Morgan fingerprint density at radius 1 is 1.00 bits per heavy atom. The van der Waals surface area contributed by atoms with Crippen LogP contribution in [-0.2, 0) is 48.6 Å². The highest BCUT2D eigenvalue weighted by Gasteiger charge is 2.29. The first-order chi connectivity index (χ1) is 19.3. The largest absolute Gasteiger partial charge is 0.510 e. The summed E-state index contributed by atoms with van der Waals surface area (Å²) in [5.41, 5.74) is 6.72. The first-order valence-electron chi connectivity index (χ1n) is 12.2. The van der Waals surface area contributed by atoms with Gasteiger partial charge >= 0.3 is 25.9 Å². The number of anilines is 1. The average molecular weight is 606 g/mol. The number of hydrogen-bond acceptors (Lipinski definition) is 15. The van der Waals surface area contributed by atoms with Gasteiger partial charge in [0.1, 0.15) is 18.2 Å². The van der Waals surface area contributed by atoms with Crippen molar-refractivity contribution in [3.63, 3.8) is 0 Å². The number of carbonyl (C=O) groups excluding carboxylic acids is 2. The van der Waals surface area contributed by atoms with Crippen LogP contribution in [0, 0.1) is 0 Å². The fourth-order valence-electron chi connectivity index (χ4n) is 2.60. The molecule has 0 bridgehead atoms. The highest BCUT2D eigenvalue weighted by molar-refractivity contribution is 7.53. The van der Waals surface area contributed by atoms with E-state index in [-0.39, 0.29) is 12.4 Å². The number of aromatic nitrogens is 4. The van der Waals surface area contributed by atoms with Gasteiger partial charge in [0.05, 0.1) is 31.2 Å². The van der Waals surface area contributed by atoms with Gasteiger partial charge in [0.2, 0.25) is 13.6 Å². The number of imidazole rings is 1. The van der Waals surface area contributed by atoms with Crippen LogP contribution in [-0.4, -0.2) is 81.2 Å². The Kier molecular flexibility index (Phi) is 15.3. The molecular weight excluding hydrogens is 569 g/mol. The number of carboxylic acids is 1. The van der Waals surface area contributed by atoms with Crippen LogP contribution in [0.25, 0.3) is 11.2 Å². The van der Waals surface area contributed by atoms with Crippen LogP contribution >= 0.6 is 7.60 Å². The number of hydrogen-bond donors (Lipinski definition) is 2. The van der Waals surface area contributed by atoms with Gasteiger partial charge in [-0.15, -0.1) is 0 Å². The smallest absolute Gasteiger partial charge is 0.478 e. The molecule has 0 aromatic carbocycles. The van der Waals surface area contributed by atoms with Crippen molar-refractivity contribution >= 4 is 42.9 Å². The summed E-state index contributed by atoms with van der Waals surface area (Å²) in [6, 6.07) is 0. The summed E-state index contributed by atoms with van der Waals surface area (Å²) in [6.45, 7) is 8.64. The number of carbonyl (C=O) groups is 3. The molecule has 0 unspecified atom stereocenters. The first-order valence-corrected chi connectivity index (χ1v) is 13.9. The maximum absolute atomic E-state index is 13.1. The lowest BCUT2D eigenvalue weighted by Gasteiger charge is -2.21. The van der Waals surface area contributed by atoms with Crippen molar-refractivity contribution in [3.8, 4) is 0 Å². The SMILES string of the molecule is C/C=C/C(=O)O.CC(C)OC(=O)OCOP(=O)(CO[C@H](C)Cn1cnc2c(N)ncnc21)OCOC(=O)OC(C)C. The van der Waals surface area contributed by atoms with Gasteiger partial charge in [-0.1, -0.05) is 6.08 Å². The molecular formula is C23H36N5O12P. The molecule has 0 saturated carbocycles. The lowest BCUT2D eigenvalue weighted by atomic mass is 10.4. The normalized spacial score (nSPS) is 12.2. The van der Waals surface area contributed by atoms with E-state index in [1.165, 1.54) is 18.7 Å². The number of nitrogen functional groups attached to an aromatic ring is 1. The van der Waals surface area contributed by atoms with Crippen LogP contribution in [0.5, 0.6) is 0 Å². The quantitative estimate of drug-likeness (QED) is 0.136.